The molecule has 24 heavy (non-hydrogen) atoms. The van der Waals surface area contributed by atoms with E-state index in [9.17, 15) is 14.4 Å². The topological polar surface area (TPSA) is 115 Å². The van der Waals surface area contributed by atoms with E-state index in [2.05, 4.69) is 16.0 Å². The van der Waals surface area contributed by atoms with Gasteiger partial charge >= 0.3 is 12.2 Å². The Balaban J connectivity index is 0. The van der Waals surface area contributed by atoms with Gasteiger partial charge in [-0.1, -0.05) is 7.43 Å². The van der Waals surface area contributed by atoms with E-state index in [-0.39, 0.29) is 33.2 Å². The van der Waals surface area contributed by atoms with Crippen molar-refractivity contribution < 1.29 is 28.6 Å². The fraction of sp³-hybridized carbons (Fsp3) is 0.800. The number of nitrogens with one attached hydrogen (secondary N) is 3. The summed E-state index contributed by atoms with van der Waals surface area (Å²) >= 11 is 0. The third kappa shape index (κ3) is 13.6. The summed E-state index contributed by atoms with van der Waals surface area (Å²) in [6, 6.07) is 0. The molecule has 0 aliphatic carbocycles. The van der Waals surface area contributed by atoms with Crippen LogP contribution in [0.4, 0.5) is 9.59 Å². The van der Waals surface area contributed by atoms with Crippen molar-refractivity contribution in [2.45, 2.75) is 40.2 Å². The summed E-state index contributed by atoms with van der Waals surface area (Å²) in [6.45, 7) is 4.63. The van der Waals surface area contributed by atoms with E-state index in [1.807, 2.05) is 0 Å². The summed E-state index contributed by atoms with van der Waals surface area (Å²) in [5.74, 6) is -0.0812. The molecule has 0 rings (SSSR count). The van der Waals surface area contributed by atoms with Crippen molar-refractivity contribution in [2.24, 2.45) is 0 Å². The van der Waals surface area contributed by atoms with Crippen molar-refractivity contribution in [3.63, 3.8) is 0 Å². The first kappa shape index (κ1) is 24.2. The fourth-order valence-corrected chi connectivity index (χ4v) is 1.48. The quantitative estimate of drug-likeness (QED) is 0.480. The Hall–Kier alpha value is -2.03. The van der Waals surface area contributed by atoms with Crippen LogP contribution >= 0.6 is 0 Å². The first-order chi connectivity index (χ1) is 11.0. The van der Waals surface area contributed by atoms with E-state index in [0.717, 1.165) is 0 Å². The second-order valence-electron chi connectivity index (χ2n) is 4.53. The molecule has 142 valence electrons. The van der Waals surface area contributed by atoms with Gasteiger partial charge in [-0.15, -0.1) is 0 Å². The molecule has 0 aliphatic heterocycles. The Morgan fingerprint density at radius 3 is 1.88 bits per heavy atom. The maximum Gasteiger partial charge on any atom is 0.407 e. The summed E-state index contributed by atoms with van der Waals surface area (Å²) in [6.07, 6.45) is -0.880. The monoisotopic (exact) mass is 349 g/mol. The largest absolute Gasteiger partial charge is 0.447 e. The van der Waals surface area contributed by atoms with Gasteiger partial charge < -0.3 is 30.2 Å². The molecule has 9 heteroatoms. The van der Waals surface area contributed by atoms with Crippen LogP contribution in [0.5, 0.6) is 0 Å². The van der Waals surface area contributed by atoms with E-state index in [0.29, 0.717) is 25.9 Å². The summed E-state index contributed by atoms with van der Waals surface area (Å²) in [7, 11) is 1.56. The molecule has 9 nitrogen and oxygen atoms in total. The van der Waals surface area contributed by atoms with E-state index < -0.39 is 18.3 Å². The van der Waals surface area contributed by atoms with Crippen LogP contribution in [0.15, 0.2) is 0 Å². The van der Waals surface area contributed by atoms with Gasteiger partial charge in [0.15, 0.2) is 0 Å². The minimum atomic E-state index is -0.593. The highest BCUT2D eigenvalue weighted by molar-refractivity contribution is 5.75. The summed E-state index contributed by atoms with van der Waals surface area (Å²) in [4.78, 5) is 33.7. The van der Waals surface area contributed by atoms with Crippen molar-refractivity contribution in [2.75, 3.05) is 40.0 Å². The van der Waals surface area contributed by atoms with Gasteiger partial charge in [0.1, 0.15) is 19.3 Å². The number of rotatable bonds is 11. The van der Waals surface area contributed by atoms with Crippen LogP contribution in [0.25, 0.3) is 0 Å². The highest BCUT2D eigenvalue weighted by Crippen LogP contribution is 2.00. The SMILES string of the molecule is C.CCNC(=O)OCC(COC(=O)NCC)OCCCC(=O)NC. The Labute approximate surface area is 143 Å². The Morgan fingerprint density at radius 1 is 0.958 bits per heavy atom. The molecule has 0 aromatic carbocycles. The molecule has 0 aromatic heterocycles. The molecule has 0 aromatic rings. The molecule has 0 radical (unpaired) electrons. The Morgan fingerprint density at radius 2 is 1.46 bits per heavy atom. The number of amides is 3. The van der Waals surface area contributed by atoms with Gasteiger partial charge in [0.05, 0.1) is 0 Å². The van der Waals surface area contributed by atoms with Crippen molar-refractivity contribution >= 4 is 18.1 Å². The Bertz CT molecular complexity index is 343. The molecule has 3 amide bonds. The molecule has 0 saturated heterocycles. The van der Waals surface area contributed by atoms with Crippen molar-refractivity contribution in [1.82, 2.24) is 16.0 Å². The van der Waals surface area contributed by atoms with Crippen LogP contribution in [0, 0.1) is 0 Å². The molecule has 0 aliphatic rings. The number of carbonyl (C=O) groups excluding carboxylic acids is 3. The average Bonchev–Trinajstić information content (AvgIpc) is 2.53. The Kier molecular flexibility index (Phi) is 16.0. The van der Waals surface area contributed by atoms with E-state index >= 15 is 0 Å². The molecule has 0 bridgehead atoms. The molecule has 0 spiro atoms. The highest BCUT2D eigenvalue weighted by Gasteiger charge is 2.15. The second kappa shape index (κ2) is 15.9. The third-order valence-electron chi connectivity index (χ3n) is 2.62. The number of alkyl carbamates (subject to hydrolysis) is 2. The molecular weight excluding hydrogens is 318 g/mol. The zero-order chi connectivity index (χ0) is 17.5. The molecule has 0 unspecified atom stereocenters. The van der Waals surface area contributed by atoms with Crippen molar-refractivity contribution in [1.29, 1.82) is 0 Å². The standard InChI is InChI=1S/C14H27N3O6.CH4/c1-4-16-13(19)22-9-11(10-23-14(20)17-5-2)21-8-6-7-12(18)15-3;/h11H,4-10H2,1-3H3,(H,15,18)(H,16,19)(H,17,20);1H4. The second-order valence-corrected chi connectivity index (χ2v) is 4.53. The lowest BCUT2D eigenvalue weighted by molar-refractivity contribution is -0.121. The minimum absolute atomic E-state index is 0. The third-order valence-corrected chi connectivity index (χ3v) is 2.62. The van der Waals surface area contributed by atoms with Crippen molar-refractivity contribution in [3.05, 3.63) is 0 Å². The maximum atomic E-state index is 11.3. The van der Waals surface area contributed by atoms with Crippen LogP contribution in [-0.4, -0.2) is 64.2 Å². The van der Waals surface area contributed by atoms with Gasteiger partial charge in [0, 0.05) is 33.2 Å². The van der Waals surface area contributed by atoms with Gasteiger partial charge in [-0.25, -0.2) is 9.59 Å². The normalized spacial score (nSPS) is 9.67. The average molecular weight is 349 g/mol. The fourth-order valence-electron chi connectivity index (χ4n) is 1.48. The molecule has 3 N–H and O–H groups in total. The predicted octanol–water partition coefficient (Wildman–Crippen LogP) is 1.03. The maximum absolute atomic E-state index is 11.3. The number of hydrogen-bond acceptors (Lipinski definition) is 6. The van der Waals surface area contributed by atoms with E-state index in [1.165, 1.54) is 0 Å². The molecule has 0 heterocycles. The highest BCUT2D eigenvalue weighted by atomic mass is 16.6. The lowest BCUT2D eigenvalue weighted by Crippen LogP contribution is -2.34. The number of ether oxygens (including phenoxy) is 3. The first-order valence-electron chi connectivity index (χ1n) is 7.66. The number of carbonyl (C=O) groups is 3. The predicted molar refractivity (Wildman–Crippen MR) is 89.8 cm³/mol. The molecule has 0 saturated carbocycles. The molecule has 0 atom stereocenters. The van der Waals surface area contributed by atoms with Crippen LogP contribution in [0.2, 0.25) is 0 Å². The zero-order valence-electron chi connectivity index (χ0n) is 14.0. The minimum Gasteiger partial charge on any atom is -0.447 e. The lowest BCUT2D eigenvalue weighted by atomic mass is 10.3. The summed E-state index contributed by atoms with van der Waals surface area (Å²) < 4.78 is 15.4. The van der Waals surface area contributed by atoms with Gasteiger partial charge in [-0.05, 0) is 20.3 Å². The first-order valence-corrected chi connectivity index (χ1v) is 7.66. The summed E-state index contributed by atoms with van der Waals surface area (Å²) in [5.41, 5.74) is 0. The van der Waals surface area contributed by atoms with E-state index in [1.54, 1.807) is 20.9 Å². The number of hydrogen-bond donors (Lipinski definition) is 3. The van der Waals surface area contributed by atoms with Gasteiger partial charge in [-0.2, -0.15) is 0 Å². The zero-order valence-corrected chi connectivity index (χ0v) is 14.0. The van der Waals surface area contributed by atoms with Gasteiger partial charge in [0.25, 0.3) is 0 Å². The van der Waals surface area contributed by atoms with Gasteiger partial charge in [-0.3, -0.25) is 4.79 Å². The van der Waals surface area contributed by atoms with Crippen LogP contribution < -0.4 is 16.0 Å². The molecule has 0 fully saturated rings. The van der Waals surface area contributed by atoms with Gasteiger partial charge in [0.2, 0.25) is 5.91 Å². The van der Waals surface area contributed by atoms with Crippen molar-refractivity contribution in [3.8, 4) is 0 Å². The smallest absolute Gasteiger partial charge is 0.407 e. The lowest BCUT2D eigenvalue weighted by Gasteiger charge is -2.18. The van der Waals surface area contributed by atoms with Crippen LogP contribution in [0.1, 0.15) is 34.1 Å². The van der Waals surface area contributed by atoms with Crippen LogP contribution in [-0.2, 0) is 19.0 Å². The summed E-state index contributed by atoms with van der Waals surface area (Å²) in [5, 5.41) is 7.48. The van der Waals surface area contributed by atoms with E-state index in [4.69, 9.17) is 14.2 Å². The molecular formula is C15H31N3O6. The van der Waals surface area contributed by atoms with Crippen LogP contribution in [0.3, 0.4) is 0 Å².